The van der Waals surface area contributed by atoms with E-state index in [9.17, 15) is 0 Å². The molecule has 0 fully saturated rings. The highest BCUT2D eigenvalue weighted by Crippen LogP contribution is 2.49. The zero-order valence-corrected chi connectivity index (χ0v) is 14.0. The van der Waals surface area contributed by atoms with Gasteiger partial charge in [-0.05, 0) is 35.1 Å². The van der Waals surface area contributed by atoms with Gasteiger partial charge in [-0.1, -0.05) is 61.0 Å². The fourth-order valence-corrected chi connectivity index (χ4v) is 4.67. The molecule has 0 amide bonds. The normalized spacial score (nSPS) is 19.7. The highest BCUT2D eigenvalue weighted by atomic mass is 79.9. The van der Waals surface area contributed by atoms with Gasteiger partial charge in [-0.3, -0.25) is 0 Å². The Balaban J connectivity index is 1.83. The van der Waals surface area contributed by atoms with Crippen molar-refractivity contribution in [2.24, 2.45) is 0 Å². The smallest absolute Gasteiger partial charge is 0.0561 e. The number of halogens is 1. The zero-order valence-electron chi connectivity index (χ0n) is 11.6. The Labute approximate surface area is 128 Å². The molecule has 2 heteroatoms. The molecule has 2 atom stereocenters. The maximum Gasteiger partial charge on any atom is 0.0561 e. The van der Waals surface area contributed by atoms with Crippen LogP contribution in [0.1, 0.15) is 52.4 Å². The molecule has 0 bridgehead atoms. The van der Waals surface area contributed by atoms with Gasteiger partial charge >= 0.3 is 0 Å². The minimum absolute atomic E-state index is 0.257. The summed E-state index contributed by atoms with van der Waals surface area (Å²) in [7, 11) is 0. The van der Waals surface area contributed by atoms with E-state index >= 15 is 0 Å². The molecule has 0 radical (unpaired) electrons. The summed E-state index contributed by atoms with van der Waals surface area (Å²) >= 11 is 5.88. The third-order valence-corrected chi connectivity index (χ3v) is 6.91. The maximum absolute atomic E-state index is 3.92. The predicted octanol–water partition coefficient (Wildman–Crippen LogP) is 5.82. The molecule has 1 aromatic heterocycles. The van der Waals surface area contributed by atoms with E-state index in [-0.39, 0.29) is 5.41 Å². The number of fused-ring (bicyclic) bond motifs is 1. The molecule has 0 nitrogen and oxygen atoms in total. The van der Waals surface area contributed by atoms with Crippen molar-refractivity contribution in [3.63, 3.8) is 0 Å². The Morgan fingerprint density at radius 1 is 1.16 bits per heavy atom. The first kappa shape index (κ1) is 13.4. The number of rotatable bonds is 2. The van der Waals surface area contributed by atoms with Gasteiger partial charge in [-0.2, -0.15) is 0 Å². The minimum atomic E-state index is 0.257. The van der Waals surface area contributed by atoms with Gasteiger partial charge in [0, 0.05) is 15.7 Å². The number of hydrogen-bond donors (Lipinski definition) is 0. The molecule has 100 valence electrons. The third kappa shape index (κ3) is 2.41. The van der Waals surface area contributed by atoms with Crippen molar-refractivity contribution in [1.82, 2.24) is 0 Å². The number of thiophene rings is 1. The summed E-state index contributed by atoms with van der Waals surface area (Å²) in [6.45, 7) is 6.85. The van der Waals surface area contributed by atoms with E-state index in [4.69, 9.17) is 0 Å². The van der Waals surface area contributed by atoms with Crippen LogP contribution in [-0.4, -0.2) is 0 Å². The second-order valence-electron chi connectivity index (χ2n) is 6.36. The molecule has 1 aliphatic carbocycles. The van der Waals surface area contributed by atoms with Gasteiger partial charge in [0.2, 0.25) is 0 Å². The quantitative estimate of drug-likeness (QED) is 0.607. The lowest BCUT2D eigenvalue weighted by atomic mass is 9.75. The van der Waals surface area contributed by atoms with Crippen LogP contribution in [0.15, 0.2) is 36.4 Å². The average Bonchev–Trinajstić information content (AvgIpc) is 2.79. The summed E-state index contributed by atoms with van der Waals surface area (Å²) in [5, 5.41) is 0. The summed E-state index contributed by atoms with van der Waals surface area (Å²) < 4.78 is 0. The number of benzene rings is 1. The van der Waals surface area contributed by atoms with Gasteiger partial charge < -0.3 is 0 Å². The molecule has 0 aliphatic heterocycles. The Hall–Kier alpha value is -0.600. The summed E-state index contributed by atoms with van der Waals surface area (Å²) in [6.07, 6.45) is 1.20. The zero-order chi connectivity index (χ0) is 13.6. The molecule has 1 aromatic carbocycles. The molecule has 2 unspecified atom stereocenters. The van der Waals surface area contributed by atoms with Crippen LogP contribution >= 0.6 is 27.3 Å². The molecule has 19 heavy (non-hydrogen) atoms. The standard InChI is InChI=1S/C17H19BrS/c1-17(2,3)15-9-8-14(19-15)16(18)13-10-11-6-4-5-7-12(11)13/h4-9,13,16H,10H2,1-3H3. The van der Waals surface area contributed by atoms with Crippen molar-refractivity contribution >= 4 is 27.3 Å². The van der Waals surface area contributed by atoms with E-state index in [1.54, 1.807) is 0 Å². The lowest BCUT2D eigenvalue weighted by Gasteiger charge is -2.33. The SMILES string of the molecule is CC(C)(C)c1ccc(C(Br)C2Cc3ccccc32)s1. The monoisotopic (exact) mass is 334 g/mol. The van der Waals surface area contributed by atoms with Crippen molar-refractivity contribution in [2.45, 2.75) is 43.4 Å². The molecule has 3 rings (SSSR count). The largest absolute Gasteiger partial charge is 0.144 e. The Morgan fingerprint density at radius 2 is 1.89 bits per heavy atom. The topological polar surface area (TPSA) is 0 Å². The van der Waals surface area contributed by atoms with Crippen LogP contribution in [0.2, 0.25) is 0 Å². The van der Waals surface area contributed by atoms with Crippen molar-refractivity contribution in [1.29, 1.82) is 0 Å². The van der Waals surface area contributed by atoms with Gasteiger partial charge in [-0.25, -0.2) is 0 Å². The van der Waals surface area contributed by atoms with Crippen molar-refractivity contribution in [2.75, 3.05) is 0 Å². The lowest BCUT2D eigenvalue weighted by Crippen LogP contribution is -2.20. The first-order valence-electron chi connectivity index (χ1n) is 6.79. The molecule has 0 saturated heterocycles. The molecule has 1 aliphatic rings. The van der Waals surface area contributed by atoms with Crippen LogP contribution in [0, 0.1) is 0 Å². The average molecular weight is 335 g/mol. The van der Waals surface area contributed by atoms with Crippen LogP contribution < -0.4 is 0 Å². The van der Waals surface area contributed by atoms with Gasteiger partial charge in [0.25, 0.3) is 0 Å². The van der Waals surface area contributed by atoms with E-state index in [2.05, 4.69) is 73.1 Å². The summed E-state index contributed by atoms with van der Waals surface area (Å²) in [4.78, 5) is 3.40. The number of hydrogen-bond acceptors (Lipinski definition) is 1. The van der Waals surface area contributed by atoms with Gasteiger partial charge in [-0.15, -0.1) is 11.3 Å². The summed E-state index contributed by atoms with van der Waals surface area (Å²) in [5.41, 5.74) is 3.30. The molecular weight excluding hydrogens is 316 g/mol. The van der Waals surface area contributed by atoms with Crippen LogP contribution in [0.5, 0.6) is 0 Å². The number of alkyl halides is 1. The fraction of sp³-hybridized carbons (Fsp3) is 0.412. The van der Waals surface area contributed by atoms with Gasteiger partial charge in [0.1, 0.15) is 0 Å². The van der Waals surface area contributed by atoms with Crippen LogP contribution in [0.25, 0.3) is 0 Å². The first-order chi connectivity index (χ1) is 8.97. The molecule has 0 saturated carbocycles. The Morgan fingerprint density at radius 3 is 2.53 bits per heavy atom. The van der Waals surface area contributed by atoms with E-state index < -0.39 is 0 Å². The van der Waals surface area contributed by atoms with Gasteiger partial charge in [0.05, 0.1) is 4.83 Å². The van der Waals surface area contributed by atoms with E-state index in [0.717, 1.165) is 0 Å². The minimum Gasteiger partial charge on any atom is -0.144 e. The molecule has 0 spiro atoms. The van der Waals surface area contributed by atoms with Crippen molar-refractivity contribution < 1.29 is 0 Å². The second-order valence-corrected chi connectivity index (χ2v) is 8.47. The highest BCUT2D eigenvalue weighted by Gasteiger charge is 2.33. The second kappa shape index (κ2) is 4.75. The van der Waals surface area contributed by atoms with Crippen LogP contribution in [0.4, 0.5) is 0 Å². The van der Waals surface area contributed by atoms with Crippen LogP contribution in [0.3, 0.4) is 0 Å². The predicted molar refractivity (Wildman–Crippen MR) is 87.6 cm³/mol. The third-order valence-electron chi connectivity index (χ3n) is 3.89. The summed E-state index contributed by atoms with van der Waals surface area (Å²) in [5.74, 6) is 0.641. The van der Waals surface area contributed by atoms with E-state index in [0.29, 0.717) is 10.7 Å². The van der Waals surface area contributed by atoms with E-state index in [1.807, 2.05) is 11.3 Å². The lowest BCUT2D eigenvalue weighted by molar-refractivity contribution is 0.603. The van der Waals surface area contributed by atoms with Crippen molar-refractivity contribution in [3.8, 4) is 0 Å². The Bertz CT molecular complexity index is 591. The molecule has 2 aromatic rings. The molecule has 1 heterocycles. The Kier molecular flexibility index (Phi) is 3.34. The first-order valence-corrected chi connectivity index (χ1v) is 8.52. The van der Waals surface area contributed by atoms with Gasteiger partial charge in [0.15, 0.2) is 0 Å². The van der Waals surface area contributed by atoms with E-state index in [1.165, 1.54) is 27.3 Å². The summed E-state index contributed by atoms with van der Waals surface area (Å²) in [6, 6.07) is 13.4. The fourth-order valence-electron chi connectivity index (χ4n) is 2.66. The van der Waals surface area contributed by atoms with Crippen molar-refractivity contribution in [3.05, 3.63) is 57.3 Å². The molecule has 0 N–H and O–H groups in total. The highest BCUT2D eigenvalue weighted by molar-refractivity contribution is 9.09. The van der Waals surface area contributed by atoms with Crippen LogP contribution in [-0.2, 0) is 11.8 Å². The molecular formula is C17H19BrS. The maximum atomic E-state index is 3.92.